The summed E-state index contributed by atoms with van der Waals surface area (Å²) in [6.45, 7) is 3.89. The van der Waals surface area contributed by atoms with Gasteiger partial charge in [-0.15, -0.1) is 0 Å². The summed E-state index contributed by atoms with van der Waals surface area (Å²) in [5.74, 6) is -0.118. The number of thiazole rings is 1. The Balaban J connectivity index is 2.22. The number of anilines is 1. The standard InChI is InChI=1S/C12H11BrN2OS/c1-7-3-4-8(2)9(5-7)11(16)15-12-14-6-10(13)17-12/h3-6H,1-2H3,(H,14,15,16). The first-order chi connectivity index (χ1) is 8.06. The highest BCUT2D eigenvalue weighted by Crippen LogP contribution is 2.24. The molecule has 17 heavy (non-hydrogen) atoms. The van der Waals surface area contributed by atoms with E-state index in [4.69, 9.17) is 0 Å². The summed E-state index contributed by atoms with van der Waals surface area (Å²) in [4.78, 5) is 16.1. The Labute approximate surface area is 112 Å². The number of aromatic nitrogens is 1. The lowest BCUT2D eigenvalue weighted by molar-refractivity contribution is 0.102. The molecule has 3 nitrogen and oxygen atoms in total. The number of hydrogen-bond donors (Lipinski definition) is 1. The van der Waals surface area contributed by atoms with E-state index in [0.29, 0.717) is 10.7 Å². The molecule has 0 aliphatic heterocycles. The van der Waals surface area contributed by atoms with E-state index in [9.17, 15) is 4.79 Å². The molecular weight excluding hydrogens is 300 g/mol. The van der Waals surface area contributed by atoms with Crippen LogP contribution in [0.4, 0.5) is 5.13 Å². The van der Waals surface area contributed by atoms with Gasteiger partial charge in [-0.05, 0) is 41.4 Å². The number of amides is 1. The average molecular weight is 311 g/mol. The Morgan fingerprint density at radius 1 is 1.41 bits per heavy atom. The summed E-state index contributed by atoms with van der Waals surface area (Å²) in [5.41, 5.74) is 2.72. The minimum Gasteiger partial charge on any atom is -0.298 e. The number of carbonyl (C=O) groups excluding carboxylic acids is 1. The molecule has 1 amide bonds. The van der Waals surface area contributed by atoms with Crippen LogP contribution in [0.2, 0.25) is 0 Å². The van der Waals surface area contributed by atoms with Gasteiger partial charge in [0.25, 0.3) is 5.91 Å². The van der Waals surface area contributed by atoms with Gasteiger partial charge in [-0.2, -0.15) is 0 Å². The van der Waals surface area contributed by atoms with Crippen LogP contribution in [0.15, 0.2) is 28.2 Å². The van der Waals surface area contributed by atoms with Crippen molar-refractivity contribution in [2.45, 2.75) is 13.8 Å². The van der Waals surface area contributed by atoms with Gasteiger partial charge in [0, 0.05) is 5.56 Å². The van der Waals surface area contributed by atoms with Crippen LogP contribution in [-0.2, 0) is 0 Å². The molecule has 1 N–H and O–H groups in total. The fraction of sp³-hybridized carbons (Fsp3) is 0.167. The van der Waals surface area contributed by atoms with Gasteiger partial charge in [-0.1, -0.05) is 29.0 Å². The quantitative estimate of drug-likeness (QED) is 0.917. The Morgan fingerprint density at radius 3 is 2.82 bits per heavy atom. The van der Waals surface area contributed by atoms with Gasteiger partial charge in [-0.3, -0.25) is 10.1 Å². The van der Waals surface area contributed by atoms with E-state index < -0.39 is 0 Å². The third kappa shape index (κ3) is 2.92. The van der Waals surface area contributed by atoms with Crippen LogP contribution in [0.3, 0.4) is 0 Å². The number of nitrogens with zero attached hydrogens (tertiary/aromatic N) is 1. The molecule has 1 heterocycles. The van der Waals surface area contributed by atoms with Crippen molar-refractivity contribution in [3.8, 4) is 0 Å². The van der Waals surface area contributed by atoms with Gasteiger partial charge in [0.05, 0.1) is 9.98 Å². The number of aryl methyl sites for hydroxylation is 2. The predicted molar refractivity (Wildman–Crippen MR) is 73.7 cm³/mol. The van der Waals surface area contributed by atoms with Gasteiger partial charge >= 0.3 is 0 Å². The predicted octanol–water partition coefficient (Wildman–Crippen LogP) is 3.77. The normalized spacial score (nSPS) is 10.3. The number of carbonyl (C=O) groups is 1. The van der Waals surface area contributed by atoms with E-state index in [1.807, 2.05) is 32.0 Å². The van der Waals surface area contributed by atoms with Crippen molar-refractivity contribution in [3.05, 3.63) is 44.9 Å². The molecule has 0 aliphatic rings. The molecule has 1 aromatic heterocycles. The third-order valence-electron chi connectivity index (χ3n) is 2.34. The molecule has 1 aromatic carbocycles. The Bertz CT molecular complexity index is 565. The van der Waals surface area contributed by atoms with Gasteiger partial charge in [0.1, 0.15) is 0 Å². The van der Waals surface area contributed by atoms with Crippen LogP contribution >= 0.6 is 27.3 Å². The van der Waals surface area contributed by atoms with Gasteiger partial charge in [-0.25, -0.2) is 4.98 Å². The summed E-state index contributed by atoms with van der Waals surface area (Å²) in [7, 11) is 0. The van der Waals surface area contributed by atoms with E-state index in [1.165, 1.54) is 11.3 Å². The lowest BCUT2D eigenvalue weighted by Crippen LogP contribution is -2.13. The zero-order chi connectivity index (χ0) is 12.4. The zero-order valence-corrected chi connectivity index (χ0v) is 11.9. The second-order valence-electron chi connectivity index (χ2n) is 3.74. The molecule has 0 unspecified atom stereocenters. The third-order valence-corrected chi connectivity index (χ3v) is 3.73. The number of nitrogens with one attached hydrogen (secondary N) is 1. The van der Waals surface area contributed by atoms with E-state index in [2.05, 4.69) is 26.2 Å². The van der Waals surface area contributed by atoms with E-state index in [1.54, 1.807) is 6.20 Å². The summed E-state index contributed by atoms with van der Waals surface area (Å²) >= 11 is 4.70. The smallest absolute Gasteiger partial charge is 0.257 e. The Morgan fingerprint density at radius 2 is 2.18 bits per heavy atom. The SMILES string of the molecule is Cc1ccc(C)c(C(=O)Nc2ncc(Br)s2)c1. The molecule has 2 rings (SSSR count). The minimum atomic E-state index is -0.118. The van der Waals surface area contributed by atoms with E-state index in [0.717, 1.165) is 14.9 Å². The first kappa shape index (κ1) is 12.3. The number of benzene rings is 1. The highest BCUT2D eigenvalue weighted by atomic mass is 79.9. The number of halogens is 1. The summed E-state index contributed by atoms with van der Waals surface area (Å²) in [6.07, 6.45) is 1.67. The highest BCUT2D eigenvalue weighted by molar-refractivity contribution is 9.11. The molecule has 0 bridgehead atoms. The van der Waals surface area contributed by atoms with Gasteiger partial charge < -0.3 is 0 Å². The molecular formula is C12H11BrN2OS. The Hall–Kier alpha value is -1.20. The van der Waals surface area contributed by atoms with Gasteiger partial charge in [0.2, 0.25) is 0 Å². The first-order valence-corrected chi connectivity index (χ1v) is 6.67. The fourth-order valence-corrected chi connectivity index (χ4v) is 2.56. The van der Waals surface area contributed by atoms with Crippen LogP contribution < -0.4 is 5.32 Å². The summed E-state index contributed by atoms with van der Waals surface area (Å²) in [5, 5.41) is 3.39. The molecule has 88 valence electrons. The zero-order valence-electron chi connectivity index (χ0n) is 9.45. The maximum Gasteiger partial charge on any atom is 0.257 e. The molecule has 0 saturated carbocycles. The lowest BCUT2D eigenvalue weighted by Gasteiger charge is -2.06. The van der Waals surface area contributed by atoms with Crippen LogP contribution in [0.5, 0.6) is 0 Å². The van der Waals surface area contributed by atoms with Gasteiger partial charge in [0.15, 0.2) is 5.13 Å². The van der Waals surface area contributed by atoms with Crippen molar-refractivity contribution >= 4 is 38.3 Å². The van der Waals surface area contributed by atoms with Crippen molar-refractivity contribution in [3.63, 3.8) is 0 Å². The highest BCUT2D eigenvalue weighted by Gasteiger charge is 2.11. The van der Waals surface area contributed by atoms with Crippen molar-refractivity contribution in [1.29, 1.82) is 0 Å². The average Bonchev–Trinajstić information content (AvgIpc) is 2.67. The van der Waals surface area contributed by atoms with Crippen LogP contribution in [0.1, 0.15) is 21.5 Å². The Kier molecular flexibility index (Phi) is 3.59. The summed E-state index contributed by atoms with van der Waals surface area (Å²) in [6, 6.07) is 5.82. The molecule has 5 heteroatoms. The second-order valence-corrected chi connectivity index (χ2v) is 6.15. The van der Waals surface area contributed by atoms with Crippen molar-refractivity contribution in [1.82, 2.24) is 4.98 Å². The monoisotopic (exact) mass is 310 g/mol. The molecule has 0 spiro atoms. The van der Waals surface area contributed by atoms with Crippen LogP contribution in [0, 0.1) is 13.8 Å². The van der Waals surface area contributed by atoms with Crippen molar-refractivity contribution in [2.24, 2.45) is 0 Å². The largest absolute Gasteiger partial charge is 0.298 e. The second kappa shape index (κ2) is 4.98. The van der Waals surface area contributed by atoms with Crippen molar-refractivity contribution in [2.75, 3.05) is 5.32 Å². The van der Waals surface area contributed by atoms with Crippen LogP contribution in [-0.4, -0.2) is 10.9 Å². The maximum atomic E-state index is 12.0. The summed E-state index contributed by atoms with van der Waals surface area (Å²) < 4.78 is 0.897. The van der Waals surface area contributed by atoms with Crippen molar-refractivity contribution < 1.29 is 4.79 Å². The molecule has 0 atom stereocenters. The topological polar surface area (TPSA) is 42.0 Å². The molecule has 0 radical (unpaired) electrons. The molecule has 2 aromatic rings. The maximum absolute atomic E-state index is 12.0. The molecule has 0 aliphatic carbocycles. The lowest BCUT2D eigenvalue weighted by atomic mass is 10.1. The van der Waals surface area contributed by atoms with E-state index >= 15 is 0 Å². The van der Waals surface area contributed by atoms with E-state index in [-0.39, 0.29) is 5.91 Å². The first-order valence-electron chi connectivity index (χ1n) is 5.06. The number of hydrogen-bond acceptors (Lipinski definition) is 3. The molecule has 0 saturated heterocycles. The van der Waals surface area contributed by atoms with Crippen LogP contribution in [0.25, 0.3) is 0 Å². The molecule has 0 fully saturated rings. The minimum absolute atomic E-state index is 0.118. The number of rotatable bonds is 2. The fourth-order valence-electron chi connectivity index (χ4n) is 1.46.